The predicted octanol–water partition coefficient (Wildman–Crippen LogP) is 4.15. The van der Waals surface area contributed by atoms with E-state index in [1.165, 1.54) is 37.8 Å². The molecule has 3 rings (SSSR count). The van der Waals surface area contributed by atoms with Crippen LogP contribution < -0.4 is 5.32 Å². The lowest BCUT2D eigenvalue weighted by Gasteiger charge is -2.20. The Kier molecular flexibility index (Phi) is 4.15. The van der Waals surface area contributed by atoms with Crippen molar-refractivity contribution in [1.82, 2.24) is 5.32 Å². The Bertz CT molecular complexity index is 538. The van der Waals surface area contributed by atoms with Gasteiger partial charge in [-0.2, -0.15) is 13.2 Å². The maximum absolute atomic E-state index is 12.5. The van der Waals surface area contributed by atoms with Gasteiger partial charge in [0.2, 0.25) is 5.91 Å². The van der Waals surface area contributed by atoms with Crippen LogP contribution >= 0.6 is 0 Å². The lowest BCUT2D eigenvalue weighted by atomic mass is 9.86. The molecular formula is C17H20F3NO. The number of benzene rings is 1. The summed E-state index contributed by atoms with van der Waals surface area (Å²) in [5.74, 6) is 2.04. The van der Waals surface area contributed by atoms with Gasteiger partial charge >= 0.3 is 6.18 Å². The van der Waals surface area contributed by atoms with Crippen LogP contribution in [0.15, 0.2) is 24.3 Å². The molecule has 2 nitrogen and oxygen atoms in total. The van der Waals surface area contributed by atoms with E-state index in [0.717, 1.165) is 18.1 Å². The molecule has 1 aromatic carbocycles. The monoisotopic (exact) mass is 311 g/mol. The average Bonchev–Trinajstić information content (AvgIpc) is 3.07. The van der Waals surface area contributed by atoms with Crippen LogP contribution in [0.4, 0.5) is 13.2 Å². The zero-order valence-corrected chi connectivity index (χ0v) is 12.3. The molecule has 0 aromatic heterocycles. The predicted molar refractivity (Wildman–Crippen MR) is 76.8 cm³/mol. The Morgan fingerprint density at radius 2 is 1.86 bits per heavy atom. The zero-order chi connectivity index (χ0) is 15.7. The van der Waals surface area contributed by atoms with Gasteiger partial charge in [-0.3, -0.25) is 4.79 Å². The van der Waals surface area contributed by atoms with Gasteiger partial charge in [-0.1, -0.05) is 18.6 Å². The minimum absolute atomic E-state index is 0.0115. The number of amides is 1. The van der Waals surface area contributed by atoms with E-state index in [4.69, 9.17) is 0 Å². The fourth-order valence-electron chi connectivity index (χ4n) is 3.95. The zero-order valence-electron chi connectivity index (χ0n) is 12.3. The van der Waals surface area contributed by atoms with E-state index in [2.05, 4.69) is 5.32 Å². The topological polar surface area (TPSA) is 29.1 Å². The number of carbonyl (C=O) groups excluding carboxylic acids is 1. The highest BCUT2D eigenvalue weighted by atomic mass is 19.4. The molecule has 1 N–H and O–H groups in total. The number of hydrogen-bond donors (Lipinski definition) is 1. The average molecular weight is 311 g/mol. The largest absolute Gasteiger partial charge is 0.416 e. The number of carbonyl (C=O) groups is 1. The Balaban J connectivity index is 1.47. The standard InChI is InChI=1S/C17H20F3NO/c18-17(19,20)15-5-2-11(3-6-15)10-21-16(22)9-14-8-12-1-4-13(14)7-12/h2-3,5-6,12-14H,1,4,7-10H2,(H,21,22). The summed E-state index contributed by atoms with van der Waals surface area (Å²) in [4.78, 5) is 12.0. The molecule has 0 spiro atoms. The maximum atomic E-state index is 12.5. The van der Waals surface area contributed by atoms with Crippen LogP contribution in [0.2, 0.25) is 0 Å². The molecule has 3 unspecified atom stereocenters. The number of rotatable bonds is 4. The van der Waals surface area contributed by atoms with Gasteiger partial charge in [0, 0.05) is 13.0 Å². The van der Waals surface area contributed by atoms with Crippen molar-refractivity contribution in [2.75, 3.05) is 0 Å². The van der Waals surface area contributed by atoms with Crippen molar-refractivity contribution in [1.29, 1.82) is 0 Å². The van der Waals surface area contributed by atoms with E-state index in [1.54, 1.807) is 0 Å². The first-order valence-corrected chi connectivity index (χ1v) is 7.84. The molecule has 120 valence electrons. The van der Waals surface area contributed by atoms with E-state index >= 15 is 0 Å². The fraction of sp³-hybridized carbons (Fsp3) is 0.588. The summed E-state index contributed by atoms with van der Waals surface area (Å²) in [7, 11) is 0. The number of halogens is 3. The Morgan fingerprint density at radius 3 is 2.41 bits per heavy atom. The third-order valence-corrected chi connectivity index (χ3v) is 5.10. The molecule has 0 heterocycles. The third kappa shape index (κ3) is 3.45. The van der Waals surface area contributed by atoms with Crippen LogP contribution in [0.25, 0.3) is 0 Å². The minimum atomic E-state index is -4.32. The van der Waals surface area contributed by atoms with Gasteiger partial charge in [0.05, 0.1) is 5.56 Å². The summed E-state index contributed by atoms with van der Waals surface area (Å²) in [5, 5.41) is 2.82. The molecule has 2 aliphatic rings. The SMILES string of the molecule is O=C(CC1CC2CCC1C2)NCc1ccc(C(F)(F)F)cc1. The summed E-state index contributed by atoms with van der Waals surface area (Å²) >= 11 is 0. The van der Waals surface area contributed by atoms with Gasteiger partial charge in [0.25, 0.3) is 0 Å². The van der Waals surface area contributed by atoms with Crippen molar-refractivity contribution in [3.63, 3.8) is 0 Å². The molecule has 3 atom stereocenters. The molecule has 0 aliphatic heterocycles. The highest BCUT2D eigenvalue weighted by Gasteiger charge is 2.40. The number of alkyl halides is 3. The van der Waals surface area contributed by atoms with E-state index in [0.29, 0.717) is 23.8 Å². The number of hydrogen-bond acceptors (Lipinski definition) is 1. The molecule has 2 fully saturated rings. The second-order valence-electron chi connectivity index (χ2n) is 6.61. The van der Waals surface area contributed by atoms with E-state index < -0.39 is 11.7 Å². The first-order chi connectivity index (χ1) is 10.4. The van der Waals surface area contributed by atoms with Crippen molar-refractivity contribution >= 4 is 5.91 Å². The molecule has 5 heteroatoms. The third-order valence-electron chi connectivity index (χ3n) is 5.10. The summed E-state index contributed by atoms with van der Waals surface area (Å²) in [5.41, 5.74) is 0.0267. The van der Waals surface area contributed by atoms with Gasteiger partial charge < -0.3 is 5.32 Å². The maximum Gasteiger partial charge on any atom is 0.416 e. The Morgan fingerprint density at radius 1 is 1.14 bits per heavy atom. The lowest BCUT2D eigenvalue weighted by Crippen LogP contribution is -2.26. The molecule has 22 heavy (non-hydrogen) atoms. The van der Waals surface area contributed by atoms with Crippen LogP contribution in [0.1, 0.15) is 43.2 Å². The normalized spacial score (nSPS) is 27.1. The lowest BCUT2D eigenvalue weighted by molar-refractivity contribution is -0.137. The summed E-state index contributed by atoms with van der Waals surface area (Å²) in [6, 6.07) is 4.94. The van der Waals surface area contributed by atoms with Crippen LogP contribution in [0.3, 0.4) is 0 Å². The number of nitrogens with one attached hydrogen (secondary N) is 1. The van der Waals surface area contributed by atoms with Crippen LogP contribution in [-0.2, 0) is 17.5 Å². The van der Waals surface area contributed by atoms with Gasteiger partial charge in [-0.25, -0.2) is 0 Å². The van der Waals surface area contributed by atoms with Gasteiger partial charge in [-0.15, -0.1) is 0 Å². The van der Waals surface area contributed by atoms with Crippen LogP contribution in [0, 0.1) is 17.8 Å². The minimum Gasteiger partial charge on any atom is -0.352 e. The molecule has 1 amide bonds. The second-order valence-corrected chi connectivity index (χ2v) is 6.61. The molecule has 2 saturated carbocycles. The van der Waals surface area contributed by atoms with Crippen molar-refractivity contribution in [3.8, 4) is 0 Å². The van der Waals surface area contributed by atoms with Crippen LogP contribution in [0.5, 0.6) is 0 Å². The molecule has 0 radical (unpaired) electrons. The highest BCUT2D eigenvalue weighted by molar-refractivity contribution is 5.76. The molecular weight excluding hydrogens is 291 g/mol. The number of fused-ring (bicyclic) bond motifs is 2. The summed E-state index contributed by atoms with van der Waals surface area (Å²) in [6.07, 6.45) is 1.25. The van der Waals surface area contributed by atoms with E-state index in [-0.39, 0.29) is 12.5 Å². The van der Waals surface area contributed by atoms with E-state index in [1.807, 2.05) is 0 Å². The van der Waals surface area contributed by atoms with Crippen molar-refractivity contribution < 1.29 is 18.0 Å². The quantitative estimate of drug-likeness (QED) is 0.889. The Labute approximate surface area is 128 Å². The van der Waals surface area contributed by atoms with Crippen molar-refractivity contribution in [2.45, 2.75) is 44.8 Å². The summed E-state index contributed by atoms with van der Waals surface area (Å²) < 4.78 is 37.4. The van der Waals surface area contributed by atoms with Gasteiger partial charge in [0.15, 0.2) is 0 Å². The Hall–Kier alpha value is -1.52. The molecule has 0 saturated heterocycles. The van der Waals surface area contributed by atoms with Crippen molar-refractivity contribution in [3.05, 3.63) is 35.4 Å². The second kappa shape index (κ2) is 5.94. The fourth-order valence-corrected chi connectivity index (χ4v) is 3.95. The smallest absolute Gasteiger partial charge is 0.352 e. The van der Waals surface area contributed by atoms with Gasteiger partial charge in [-0.05, 0) is 54.7 Å². The molecule has 2 aliphatic carbocycles. The van der Waals surface area contributed by atoms with Crippen LogP contribution in [-0.4, -0.2) is 5.91 Å². The molecule has 2 bridgehead atoms. The van der Waals surface area contributed by atoms with Crippen molar-refractivity contribution in [2.24, 2.45) is 17.8 Å². The molecule has 1 aromatic rings. The first kappa shape index (κ1) is 15.4. The van der Waals surface area contributed by atoms with Gasteiger partial charge in [0.1, 0.15) is 0 Å². The van der Waals surface area contributed by atoms with E-state index in [9.17, 15) is 18.0 Å². The first-order valence-electron chi connectivity index (χ1n) is 7.84. The summed E-state index contributed by atoms with van der Waals surface area (Å²) in [6.45, 7) is 0.289. The highest BCUT2D eigenvalue weighted by Crippen LogP contribution is 2.49.